The molecule has 0 spiro atoms. The number of hydrogen-bond donors (Lipinski definition) is 1. The first kappa shape index (κ1) is 12.4. The number of carbonyl (C=O) groups excluding carboxylic acids is 1. The van der Waals surface area contributed by atoms with Gasteiger partial charge in [-0.2, -0.15) is 5.26 Å². The summed E-state index contributed by atoms with van der Waals surface area (Å²) in [5.41, 5.74) is 0.300. The smallest absolute Gasteiger partial charge is 0.222 e. The van der Waals surface area contributed by atoms with Gasteiger partial charge in [0.15, 0.2) is 0 Å². The molecule has 4 heteroatoms. The number of likely N-dealkylation sites (tertiary alicyclic amines) is 1. The first-order chi connectivity index (χ1) is 8.19. The zero-order valence-electron chi connectivity index (χ0n) is 10.5. The molecule has 2 aliphatic rings. The molecular formula is C13H21N3O. The van der Waals surface area contributed by atoms with Crippen LogP contribution >= 0.6 is 0 Å². The second-order valence-corrected chi connectivity index (χ2v) is 5.50. The molecule has 0 unspecified atom stereocenters. The van der Waals surface area contributed by atoms with Crippen LogP contribution in [0.4, 0.5) is 0 Å². The first-order valence-electron chi connectivity index (χ1n) is 6.50. The van der Waals surface area contributed by atoms with Gasteiger partial charge in [-0.1, -0.05) is 0 Å². The van der Waals surface area contributed by atoms with E-state index in [9.17, 15) is 4.79 Å². The van der Waals surface area contributed by atoms with Crippen molar-refractivity contribution < 1.29 is 4.79 Å². The molecule has 1 saturated heterocycles. The Bertz CT molecular complexity index is 322. The fourth-order valence-corrected chi connectivity index (χ4v) is 2.77. The highest BCUT2D eigenvalue weighted by molar-refractivity contribution is 5.78. The number of amides is 1. The zero-order chi connectivity index (χ0) is 12.3. The number of rotatable bonds is 4. The van der Waals surface area contributed by atoms with Gasteiger partial charge < -0.3 is 10.2 Å². The molecule has 0 radical (unpaired) electrons. The number of nitrogens with zero attached hydrogens (tertiary/aromatic N) is 2. The van der Waals surface area contributed by atoms with E-state index in [1.807, 2.05) is 0 Å². The van der Waals surface area contributed by atoms with Crippen molar-refractivity contribution in [3.05, 3.63) is 0 Å². The average molecular weight is 235 g/mol. The van der Waals surface area contributed by atoms with Crippen LogP contribution in [0, 0.1) is 22.7 Å². The second-order valence-electron chi connectivity index (χ2n) is 5.50. The molecule has 1 aliphatic carbocycles. The molecular weight excluding hydrogens is 214 g/mol. The van der Waals surface area contributed by atoms with Crippen molar-refractivity contribution in [2.75, 3.05) is 26.7 Å². The fraction of sp³-hybridized carbons (Fsp3) is 0.846. The van der Waals surface area contributed by atoms with Crippen molar-refractivity contribution in [1.29, 1.82) is 5.26 Å². The summed E-state index contributed by atoms with van der Waals surface area (Å²) in [6.45, 7) is 3.07. The maximum Gasteiger partial charge on any atom is 0.222 e. The predicted molar refractivity (Wildman–Crippen MR) is 65.1 cm³/mol. The van der Waals surface area contributed by atoms with Crippen LogP contribution in [-0.4, -0.2) is 37.5 Å². The Morgan fingerprint density at radius 1 is 1.47 bits per heavy atom. The summed E-state index contributed by atoms with van der Waals surface area (Å²) in [4.78, 5) is 13.9. The zero-order valence-corrected chi connectivity index (χ0v) is 10.5. The number of nitriles is 1. The van der Waals surface area contributed by atoms with Gasteiger partial charge >= 0.3 is 0 Å². The Hall–Kier alpha value is -1.08. The maximum absolute atomic E-state index is 11.5. The normalized spacial score (nSPS) is 24.0. The van der Waals surface area contributed by atoms with Crippen molar-refractivity contribution in [3.8, 4) is 6.07 Å². The third-order valence-electron chi connectivity index (χ3n) is 4.17. The van der Waals surface area contributed by atoms with E-state index in [2.05, 4.69) is 16.3 Å². The number of hydrogen-bond acceptors (Lipinski definition) is 3. The highest BCUT2D eigenvalue weighted by Crippen LogP contribution is 2.49. The van der Waals surface area contributed by atoms with Gasteiger partial charge in [-0.15, -0.1) is 0 Å². The van der Waals surface area contributed by atoms with Gasteiger partial charge in [0, 0.05) is 25.9 Å². The van der Waals surface area contributed by atoms with Crippen LogP contribution in [0.2, 0.25) is 0 Å². The summed E-state index contributed by atoms with van der Waals surface area (Å²) in [6.07, 6.45) is 5.03. The van der Waals surface area contributed by atoms with Crippen LogP contribution in [0.25, 0.3) is 0 Å². The van der Waals surface area contributed by atoms with E-state index in [4.69, 9.17) is 5.26 Å². The molecule has 0 aromatic carbocycles. The van der Waals surface area contributed by atoms with E-state index >= 15 is 0 Å². The molecule has 2 fully saturated rings. The van der Waals surface area contributed by atoms with Crippen LogP contribution in [0.15, 0.2) is 0 Å². The lowest BCUT2D eigenvalue weighted by atomic mass is 9.94. The van der Waals surface area contributed by atoms with Crippen LogP contribution in [-0.2, 0) is 4.79 Å². The maximum atomic E-state index is 11.5. The average Bonchev–Trinajstić information content (AvgIpc) is 3.09. The molecule has 1 saturated carbocycles. The van der Waals surface area contributed by atoms with Gasteiger partial charge in [0.05, 0.1) is 6.07 Å². The molecule has 1 aliphatic heterocycles. The van der Waals surface area contributed by atoms with E-state index in [-0.39, 0.29) is 11.8 Å². The second kappa shape index (κ2) is 5.05. The summed E-state index contributed by atoms with van der Waals surface area (Å²) < 4.78 is 0. The predicted octanol–water partition coefficient (Wildman–Crippen LogP) is 1.14. The lowest BCUT2D eigenvalue weighted by Gasteiger charge is -2.33. The summed E-state index contributed by atoms with van der Waals surface area (Å²) in [7, 11) is 1.71. The van der Waals surface area contributed by atoms with E-state index in [1.165, 1.54) is 12.8 Å². The SMILES string of the molecule is CNC(=O)C1CCN(CC2(CC#N)CC2)CC1. The molecule has 94 valence electrons. The van der Waals surface area contributed by atoms with Crippen molar-refractivity contribution >= 4 is 5.91 Å². The first-order valence-corrected chi connectivity index (χ1v) is 6.50. The summed E-state index contributed by atoms with van der Waals surface area (Å²) in [5, 5.41) is 11.5. The summed E-state index contributed by atoms with van der Waals surface area (Å²) in [6, 6.07) is 2.31. The van der Waals surface area contributed by atoms with Crippen molar-refractivity contribution in [3.63, 3.8) is 0 Å². The lowest BCUT2D eigenvalue weighted by Crippen LogP contribution is -2.41. The van der Waals surface area contributed by atoms with E-state index in [0.717, 1.165) is 32.5 Å². The molecule has 0 aromatic rings. The minimum atomic E-state index is 0.183. The Balaban J connectivity index is 1.76. The quantitative estimate of drug-likeness (QED) is 0.795. The molecule has 1 N–H and O–H groups in total. The third kappa shape index (κ3) is 2.98. The molecule has 0 atom stereocenters. The van der Waals surface area contributed by atoms with Gasteiger partial charge in [0.1, 0.15) is 0 Å². The Morgan fingerprint density at radius 2 is 2.12 bits per heavy atom. The highest BCUT2D eigenvalue weighted by atomic mass is 16.1. The molecule has 0 bridgehead atoms. The van der Waals surface area contributed by atoms with Gasteiger partial charge in [0.25, 0.3) is 0 Å². The number of carbonyl (C=O) groups is 1. The van der Waals surface area contributed by atoms with Crippen molar-refractivity contribution in [2.45, 2.75) is 32.1 Å². The number of piperidine rings is 1. The van der Waals surface area contributed by atoms with Crippen LogP contribution in [0.5, 0.6) is 0 Å². The molecule has 4 nitrogen and oxygen atoms in total. The minimum Gasteiger partial charge on any atom is -0.359 e. The summed E-state index contributed by atoms with van der Waals surface area (Å²) in [5.74, 6) is 0.380. The van der Waals surface area contributed by atoms with Gasteiger partial charge in [0.2, 0.25) is 5.91 Å². The van der Waals surface area contributed by atoms with Gasteiger partial charge in [-0.3, -0.25) is 4.79 Å². The van der Waals surface area contributed by atoms with E-state index in [1.54, 1.807) is 7.05 Å². The van der Waals surface area contributed by atoms with E-state index < -0.39 is 0 Å². The van der Waals surface area contributed by atoms with Gasteiger partial charge in [-0.05, 0) is 44.2 Å². The largest absolute Gasteiger partial charge is 0.359 e. The monoisotopic (exact) mass is 235 g/mol. The van der Waals surface area contributed by atoms with Crippen LogP contribution in [0.1, 0.15) is 32.1 Å². The van der Waals surface area contributed by atoms with Gasteiger partial charge in [-0.25, -0.2) is 0 Å². The third-order valence-corrected chi connectivity index (χ3v) is 4.17. The Labute approximate surface area is 103 Å². The van der Waals surface area contributed by atoms with Crippen LogP contribution in [0.3, 0.4) is 0 Å². The summed E-state index contributed by atoms with van der Waals surface area (Å²) >= 11 is 0. The van der Waals surface area contributed by atoms with E-state index in [0.29, 0.717) is 11.8 Å². The topological polar surface area (TPSA) is 56.1 Å². The number of nitrogens with one attached hydrogen (secondary N) is 1. The molecule has 17 heavy (non-hydrogen) atoms. The van der Waals surface area contributed by atoms with Crippen molar-refractivity contribution in [1.82, 2.24) is 10.2 Å². The Morgan fingerprint density at radius 3 is 2.59 bits per heavy atom. The minimum absolute atomic E-state index is 0.183. The molecule has 2 rings (SSSR count). The van der Waals surface area contributed by atoms with Crippen LogP contribution < -0.4 is 5.32 Å². The highest BCUT2D eigenvalue weighted by Gasteiger charge is 2.44. The lowest BCUT2D eigenvalue weighted by molar-refractivity contribution is -0.125. The Kier molecular flexibility index (Phi) is 3.68. The molecule has 1 heterocycles. The standard InChI is InChI=1S/C13H21N3O/c1-15-12(17)11-2-8-16(9-3-11)10-13(4-5-13)6-7-14/h11H,2-6,8-10H2,1H3,(H,15,17). The molecule has 0 aromatic heterocycles. The molecule has 1 amide bonds. The van der Waals surface area contributed by atoms with Crippen molar-refractivity contribution in [2.24, 2.45) is 11.3 Å². The fourth-order valence-electron chi connectivity index (χ4n) is 2.77.